The Labute approximate surface area is 55.2 Å². The van der Waals surface area contributed by atoms with Crippen LogP contribution in [0.3, 0.4) is 0 Å². The van der Waals surface area contributed by atoms with Gasteiger partial charge in [0.05, 0.1) is 0 Å². The summed E-state index contributed by atoms with van der Waals surface area (Å²) in [5.41, 5.74) is 0.678. The van der Waals surface area contributed by atoms with Gasteiger partial charge in [-0.25, -0.2) is 0 Å². The Bertz CT molecular complexity index is 127. The molecule has 0 fully saturated rings. The predicted octanol–water partition coefficient (Wildman–Crippen LogP) is 0.782. The summed E-state index contributed by atoms with van der Waals surface area (Å²) in [7, 11) is 0. The monoisotopic (exact) mass is 125 g/mol. The highest BCUT2D eigenvalue weighted by molar-refractivity contribution is 5.15. The van der Waals surface area contributed by atoms with Gasteiger partial charge in [0.1, 0.15) is 6.73 Å². The number of hydrogen-bond donors (Lipinski definition) is 2. The molecule has 2 heteroatoms. The summed E-state index contributed by atoms with van der Waals surface area (Å²) < 4.78 is 0. The lowest BCUT2D eigenvalue weighted by molar-refractivity contribution is 0.276. The Morgan fingerprint density at radius 2 is 2.33 bits per heavy atom. The number of allylic oxidation sites excluding steroid dienone is 3. The molecule has 0 aliphatic heterocycles. The van der Waals surface area contributed by atoms with Gasteiger partial charge in [0.15, 0.2) is 0 Å². The van der Waals surface area contributed by atoms with Gasteiger partial charge in [-0.05, 0) is 6.08 Å². The van der Waals surface area contributed by atoms with Gasteiger partial charge in [-0.2, -0.15) is 0 Å². The van der Waals surface area contributed by atoms with Gasteiger partial charge >= 0.3 is 0 Å². The van der Waals surface area contributed by atoms with Crippen LogP contribution in [0, 0.1) is 0 Å². The highest BCUT2D eigenvalue weighted by atomic mass is 16.3. The minimum atomic E-state index is -0.0830. The number of aliphatic hydroxyl groups excluding tert-OH is 1. The summed E-state index contributed by atoms with van der Waals surface area (Å²) in [6.07, 6.45) is 5.11. The second-order valence-electron chi connectivity index (χ2n) is 1.45. The van der Waals surface area contributed by atoms with Crippen LogP contribution in [0.5, 0.6) is 0 Å². The van der Waals surface area contributed by atoms with Crippen molar-refractivity contribution in [2.24, 2.45) is 0 Å². The minimum Gasteiger partial charge on any atom is -0.377 e. The SMILES string of the molecule is C=C/C=C\C(=C)NCO. The lowest BCUT2D eigenvalue weighted by Crippen LogP contribution is -2.10. The molecular formula is C7H11NO. The van der Waals surface area contributed by atoms with E-state index in [1.54, 1.807) is 18.2 Å². The maximum atomic E-state index is 8.30. The summed E-state index contributed by atoms with van der Waals surface area (Å²) in [5.74, 6) is 0. The van der Waals surface area contributed by atoms with Gasteiger partial charge < -0.3 is 10.4 Å². The fourth-order valence-corrected chi connectivity index (χ4v) is 0.345. The first kappa shape index (κ1) is 7.98. The maximum absolute atomic E-state index is 8.30. The molecule has 0 aliphatic carbocycles. The highest BCUT2D eigenvalue weighted by Gasteiger charge is 1.78. The number of aliphatic hydroxyl groups is 1. The van der Waals surface area contributed by atoms with Crippen molar-refractivity contribution in [3.63, 3.8) is 0 Å². The number of hydrogen-bond acceptors (Lipinski definition) is 2. The van der Waals surface area contributed by atoms with E-state index in [0.29, 0.717) is 5.70 Å². The van der Waals surface area contributed by atoms with Crippen molar-refractivity contribution in [2.45, 2.75) is 0 Å². The number of rotatable bonds is 4. The molecule has 0 amide bonds. The molecule has 0 aromatic carbocycles. The molecule has 0 unspecified atom stereocenters. The Morgan fingerprint density at radius 1 is 1.67 bits per heavy atom. The summed E-state index contributed by atoms with van der Waals surface area (Å²) in [4.78, 5) is 0. The highest BCUT2D eigenvalue weighted by Crippen LogP contribution is 1.84. The van der Waals surface area contributed by atoms with Gasteiger partial charge in [-0.15, -0.1) is 0 Å². The summed E-state index contributed by atoms with van der Waals surface area (Å²) >= 11 is 0. The molecule has 50 valence electrons. The average Bonchev–Trinajstić information content (AvgIpc) is 1.85. The molecule has 0 saturated carbocycles. The molecule has 0 rings (SSSR count). The summed E-state index contributed by atoms with van der Waals surface area (Å²) in [5, 5.41) is 10.9. The Morgan fingerprint density at radius 3 is 2.78 bits per heavy atom. The van der Waals surface area contributed by atoms with Crippen molar-refractivity contribution in [3.05, 3.63) is 37.1 Å². The van der Waals surface area contributed by atoms with Crippen LogP contribution in [0.25, 0.3) is 0 Å². The van der Waals surface area contributed by atoms with Crippen molar-refractivity contribution >= 4 is 0 Å². The van der Waals surface area contributed by atoms with Crippen LogP contribution in [0.1, 0.15) is 0 Å². The first-order valence-corrected chi connectivity index (χ1v) is 2.64. The van der Waals surface area contributed by atoms with Crippen molar-refractivity contribution in [1.29, 1.82) is 0 Å². The second-order valence-corrected chi connectivity index (χ2v) is 1.45. The summed E-state index contributed by atoms with van der Waals surface area (Å²) in [6.45, 7) is 6.97. The molecule has 0 aliphatic rings. The zero-order chi connectivity index (χ0) is 7.11. The fraction of sp³-hybridized carbons (Fsp3) is 0.143. The molecule has 0 aromatic rings. The molecule has 0 bridgehead atoms. The molecule has 2 nitrogen and oxygen atoms in total. The van der Waals surface area contributed by atoms with Gasteiger partial charge in [0.2, 0.25) is 0 Å². The molecule has 0 heterocycles. The molecule has 0 radical (unpaired) electrons. The van der Waals surface area contributed by atoms with E-state index in [1.165, 1.54) is 0 Å². The van der Waals surface area contributed by atoms with Crippen LogP contribution in [-0.4, -0.2) is 11.8 Å². The van der Waals surface area contributed by atoms with Crippen molar-refractivity contribution in [2.75, 3.05) is 6.73 Å². The van der Waals surface area contributed by atoms with Crippen LogP contribution in [0.15, 0.2) is 37.1 Å². The van der Waals surface area contributed by atoms with E-state index in [1.807, 2.05) is 0 Å². The van der Waals surface area contributed by atoms with Crippen LogP contribution in [0.4, 0.5) is 0 Å². The standard InChI is InChI=1S/C7H11NO/c1-3-4-5-7(2)8-6-9/h3-5,8-9H,1-2,6H2/b5-4-. The van der Waals surface area contributed by atoms with E-state index in [4.69, 9.17) is 5.11 Å². The normalized spacial score (nSPS) is 9.44. The molecule has 0 aromatic heterocycles. The molecule has 2 N–H and O–H groups in total. The van der Waals surface area contributed by atoms with Crippen LogP contribution in [-0.2, 0) is 0 Å². The molecule has 0 saturated heterocycles. The zero-order valence-corrected chi connectivity index (χ0v) is 5.30. The van der Waals surface area contributed by atoms with Crippen molar-refractivity contribution in [1.82, 2.24) is 5.32 Å². The van der Waals surface area contributed by atoms with E-state index < -0.39 is 0 Å². The third-order valence-corrected chi connectivity index (χ3v) is 0.740. The molecular weight excluding hydrogens is 114 g/mol. The van der Waals surface area contributed by atoms with Crippen molar-refractivity contribution in [3.8, 4) is 0 Å². The van der Waals surface area contributed by atoms with Crippen LogP contribution in [0.2, 0.25) is 0 Å². The summed E-state index contributed by atoms with van der Waals surface area (Å²) in [6, 6.07) is 0. The molecule has 0 atom stereocenters. The van der Waals surface area contributed by atoms with E-state index in [9.17, 15) is 0 Å². The smallest absolute Gasteiger partial charge is 0.113 e. The Kier molecular flexibility index (Phi) is 4.54. The van der Waals surface area contributed by atoms with E-state index >= 15 is 0 Å². The Hall–Kier alpha value is -1.02. The second kappa shape index (κ2) is 5.12. The first-order chi connectivity index (χ1) is 4.31. The predicted molar refractivity (Wildman–Crippen MR) is 38.7 cm³/mol. The topological polar surface area (TPSA) is 32.3 Å². The number of nitrogens with one attached hydrogen (secondary N) is 1. The van der Waals surface area contributed by atoms with E-state index in [0.717, 1.165) is 0 Å². The minimum absolute atomic E-state index is 0.0830. The van der Waals surface area contributed by atoms with E-state index in [-0.39, 0.29) is 6.73 Å². The van der Waals surface area contributed by atoms with Crippen LogP contribution < -0.4 is 5.32 Å². The first-order valence-electron chi connectivity index (χ1n) is 2.64. The zero-order valence-electron chi connectivity index (χ0n) is 5.30. The Balaban J connectivity index is 3.49. The van der Waals surface area contributed by atoms with Crippen molar-refractivity contribution < 1.29 is 5.11 Å². The maximum Gasteiger partial charge on any atom is 0.113 e. The molecule has 9 heavy (non-hydrogen) atoms. The molecule has 0 spiro atoms. The average molecular weight is 125 g/mol. The quantitative estimate of drug-likeness (QED) is 0.430. The lowest BCUT2D eigenvalue weighted by atomic mass is 10.4. The van der Waals surface area contributed by atoms with Gasteiger partial charge in [-0.1, -0.05) is 25.3 Å². The van der Waals surface area contributed by atoms with Gasteiger partial charge in [0.25, 0.3) is 0 Å². The third-order valence-electron chi connectivity index (χ3n) is 0.740. The fourth-order valence-electron chi connectivity index (χ4n) is 0.345. The van der Waals surface area contributed by atoms with Gasteiger partial charge in [-0.3, -0.25) is 0 Å². The lowest BCUT2D eigenvalue weighted by Gasteiger charge is -1.97. The largest absolute Gasteiger partial charge is 0.377 e. The van der Waals surface area contributed by atoms with Gasteiger partial charge in [0, 0.05) is 5.70 Å². The third kappa shape index (κ3) is 4.84. The van der Waals surface area contributed by atoms with Crippen LogP contribution >= 0.6 is 0 Å². The van der Waals surface area contributed by atoms with E-state index in [2.05, 4.69) is 18.5 Å².